The third kappa shape index (κ3) is 1.64. The molecule has 1 heterocycles. The number of fused-ring (bicyclic) bond motifs is 1. The van der Waals surface area contributed by atoms with Crippen LogP contribution < -0.4 is 0 Å². The van der Waals surface area contributed by atoms with Crippen LogP contribution in [0.25, 0.3) is 21.9 Å². The molecular weight excluding hydrogens is 210 g/mol. The molecule has 0 atom stereocenters. The molecule has 0 aliphatic heterocycles. The first-order valence-corrected chi connectivity index (χ1v) is 5.47. The molecule has 1 aromatic heterocycles. The summed E-state index contributed by atoms with van der Waals surface area (Å²) in [5, 5.41) is 12.1. The summed E-state index contributed by atoms with van der Waals surface area (Å²) in [7, 11) is 0. The number of hydrogen-bond acceptors (Lipinski definition) is 2. The van der Waals surface area contributed by atoms with Gasteiger partial charge in [0.15, 0.2) is 0 Å². The normalized spacial score (nSPS) is 10.6. The van der Waals surface area contributed by atoms with E-state index >= 15 is 0 Å². The van der Waals surface area contributed by atoms with Crippen molar-refractivity contribution < 1.29 is 5.11 Å². The van der Waals surface area contributed by atoms with E-state index in [1.165, 1.54) is 0 Å². The van der Waals surface area contributed by atoms with Crippen LogP contribution in [-0.2, 0) is 0 Å². The number of benzene rings is 2. The third-order valence-electron chi connectivity index (χ3n) is 2.88. The second kappa shape index (κ2) is 3.91. The van der Waals surface area contributed by atoms with Gasteiger partial charge in [0, 0.05) is 23.3 Å². The lowest BCUT2D eigenvalue weighted by molar-refractivity contribution is 0.477. The van der Waals surface area contributed by atoms with Gasteiger partial charge < -0.3 is 5.11 Å². The Morgan fingerprint density at radius 3 is 2.53 bits per heavy atom. The van der Waals surface area contributed by atoms with Crippen molar-refractivity contribution in [3.8, 4) is 16.9 Å². The molecule has 0 saturated carbocycles. The van der Waals surface area contributed by atoms with Crippen molar-refractivity contribution in [2.75, 3.05) is 0 Å². The van der Waals surface area contributed by atoms with Crippen molar-refractivity contribution in [2.24, 2.45) is 0 Å². The van der Waals surface area contributed by atoms with E-state index in [0.717, 1.165) is 21.9 Å². The van der Waals surface area contributed by atoms with Crippen LogP contribution in [0.1, 0.15) is 0 Å². The zero-order valence-electron chi connectivity index (χ0n) is 9.17. The van der Waals surface area contributed by atoms with Crippen LogP contribution in [0, 0.1) is 0 Å². The maximum Gasteiger partial charge on any atom is 0.123 e. The van der Waals surface area contributed by atoms with Crippen molar-refractivity contribution in [3.63, 3.8) is 0 Å². The number of aromatic hydroxyl groups is 1. The van der Waals surface area contributed by atoms with E-state index in [0.29, 0.717) is 5.75 Å². The van der Waals surface area contributed by atoms with Crippen LogP contribution in [0.2, 0.25) is 0 Å². The van der Waals surface area contributed by atoms with Gasteiger partial charge in [0.1, 0.15) is 5.75 Å². The molecule has 0 radical (unpaired) electrons. The molecule has 17 heavy (non-hydrogen) atoms. The molecule has 3 aromatic rings. The van der Waals surface area contributed by atoms with Gasteiger partial charge in [-0.25, -0.2) is 0 Å². The smallest absolute Gasteiger partial charge is 0.123 e. The molecule has 2 heteroatoms. The van der Waals surface area contributed by atoms with Gasteiger partial charge in [-0.1, -0.05) is 36.4 Å². The first-order chi connectivity index (χ1) is 8.36. The summed E-state index contributed by atoms with van der Waals surface area (Å²) in [6.07, 6.45) is 3.61. The Kier molecular flexibility index (Phi) is 2.26. The topological polar surface area (TPSA) is 33.1 Å². The van der Waals surface area contributed by atoms with Crippen molar-refractivity contribution in [2.45, 2.75) is 0 Å². The fourth-order valence-electron chi connectivity index (χ4n) is 2.05. The Balaban J connectivity index is 2.35. The van der Waals surface area contributed by atoms with Gasteiger partial charge in [0.05, 0.1) is 0 Å². The molecule has 82 valence electrons. The van der Waals surface area contributed by atoms with Crippen molar-refractivity contribution >= 4 is 10.8 Å². The lowest BCUT2D eigenvalue weighted by Gasteiger charge is -2.07. The Bertz CT molecular complexity index is 671. The number of hydrogen-bond donors (Lipinski definition) is 1. The number of para-hydroxylation sites is 1. The van der Waals surface area contributed by atoms with Crippen molar-refractivity contribution in [1.29, 1.82) is 0 Å². The van der Waals surface area contributed by atoms with E-state index in [4.69, 9.17) is 0 Å². The first kappa shape index (κ1) is 9.85. The van der Waals surface area contributed by atoms with E-state index in [9.17, 15) is 5.11 Å². The summed E-state index contributed by atoms with van der Waals surface area (Å²) >= 11 is 0. The minimum atomic E-state index is 0.295. The standard InChI is InChI=1S/C15H11NO/c17-15-7-2-1-5-13(15)12-6-3-4-11-8-9-16-10-14(11)12/h1-10,17H. The van der Waals surface area contributed by atoms with E-state index in [1.54, 1.807) is 12.3 Å². The average molecular weight is 221 g/mol. The van der Waals surface area contributed by atoms with Crippen LogP contribution in [0.15, 0.2) is 60.9 Å². The number of phenols is 1. The lowest BCUT2D eigenvalue weighted by atomic mass is 9.99. The number of aromatic nitrogens is 1. The predicted molar refractivity (Wildman–Crippen MR) is 68.8 cm³/mol. The molecular formula is C15H11NO. The quantitative estimate of drug-likeness (QED) is 0.681. The first-order valence-electron chi connectivity index (χ1n) is 5.47. The highest BCUT2D eigenvalue weighted by molar-refractivity contribution is 5.97. The summed E-state index contributed by atoms with van der Waals surface area (Å²) in [6.45, 7) is 0. The highest BCUT2D eigenvalue weighted by atomic mass is 16.3. The van der Waals surface area contributed by atoms with Gasteiger partial charge in [-0.05, 0) is 23.1 Å². The molecule has 0 aliphatic rings. The molecule has 0 saturated heterocycles. The summed E-state index contributed by atoms with van der Waals surface area (Å²) in [6, 6.07) is 15.4. The summed E-state index contributed by atoms with van der Waals surface area (Å²) < 4.78 is 0. The molecule has 3 rings (SSSR count). The van der Waals surface area contributed by atoms with E-state index in [1.807, 2.05) is 48.7 Å². The third-order valence-corrected chi connectivity index (χ3v) is 2.88. The van der Waals surface area contributed by atoms with Gasteiger partial charge in [0.2, 0.25) is 0 Å². The van der Waals surface area contributed by atoms with Gasteiger partial charge >= 0.3 is 0 Å². The predicted octanol–water partition coefficient (Wildman–Crippen LogP) is 3.61. The summed E-state index contributed by atoms with van der Waals surface area (Å²) in [5.41, 5.74) is 1.85. The Morgan fingerprint density at radius 1 is 0.824 bits per heavy atom. The minimum absolute atomic E-state index is 0.295. The fourth-order valence-corrected chi connectivity index (χ4v) is 2.05. The van der Waals surface area contributed by atoms with Crippen LogP contribution in [0.5, 0.6) is 5.75 Å². The molecule has 1 N–H and O–H groups in total. The van der Waals surface area contributed by atoms with Gasteiger partial charge in [-0.15, -0.1) is 0 Å². The molecule has 2 nitrogen and oxygen atoms in total. The van der Waals surface area contributed by atoms with Crippen molar-refractivity contribution in [1.82, 2.24) is 4.98 Å². The summed E-state index contributed by atoms with van der Waals surface area (Å²) in [4.78, 5) is 4.15. The second-order valence-electron chi connectivity index (χ2n) is 3.92. The molecule has 0 bridgehead atoms. The second-order valence-corrected chi connectivity index (χ2v) is 3.92. The fraction of sp³-hybridized carbons (Fsp3) is 0. The number of nitrogens with zero attached hydrogens (tertiary/aromatic N) is 1. The molecule has 0 fully saturated rings. The van der Waals surface area contributed by atoms with Crippen LogP contribution in [-0.4, -0.2) is 10.1 Å². The van der Waals surface area contributed by atoms with Crippen LogP contribution in [0.4, 0.5) is 0 Å². The Morgan fingerprint density at radius 2 is 1.65 bits per heavy atom. The van der Waals surface area contributed by atoms with Crippen molar-refractivity contribution in [3.05, 3.63) is 60.9 Å². The SMILES string of the molecule is Oc1ccccc1-c1cccc2ccncc12. The Labute approximate surface area is 99.2 Å². The number of phenolic OH excluding ortho intramolecular Hbond substituents is 1. The minimum Gasteiger partial charge on any atom is -0.507 e. The highest BCUT2D eigenvalue weighted by Gasteiger charge is 2.06. The summed E-state index contributed by atoms with van der Waals surface area (Å²) in [5.74, 6) is 0.295. The van der Waals surface area contributed by atoms with Crippen LogP contribution >= 0.6 is 0 Å². The zero-order valence-corrected chi connectivity index (χ0v) is 9.17. The lowest BCUT2D eigenvalue weighted by Crippen LogP contribution is -1.83. The zero-order chi connectivity index (χ0) is 11.7. The molecule has 2 aromatic carbocycles. The van der Waals surface area contributed by atoms with E-state index < -0.39 is 0 Å². The molecule has 0 unspecified atom stereocenters. The van der Waals surface area contributed by atoms with Gasteiger partial charge in [-0.2, -0.15) is 0 Å². The average Bonchev–Trinajstić information content (AvgIpc) is 2.39. The highest BCUT2D eigenvalue weighted by Crippen LogP contribution is 2.33. The van der Waals surface area contributed by atoms with E-state index in [-0.39, 0.29) is 0 Å². The number of rotatable bonds is 1. The molecule has 0 spiro atoms. The Hall–Kier alpha value is -2.35. The molecule has 0 amide bonds. The number of pyridine rings is 1. The maximum absolute atomic E-state index is 9.90. The van der Waals surface area contributed by atoms with Crippen LogP contribution in [0.3, 0.4) is 0 Å². The largest absolute Gasteiger partial charge is 0.507 e. The molecule has 0 aliphatic carbocycles. The van der Waals surface area contributed by atoms with Gasteiger partial charge in [0.25, 0.3) is 0 Å². The maximum atomic E-state index is 9.90. The monoisotopic (exact) mass is 221 g/mol. The van der Waals surface area contributed by atoms with Gasteiger partial charge in [-0.3, -0.25) is 4.98 Å². The van der Waals surface area contributed by atoms with E-state index in [2.05, 4.69) is 4.98 Å².